The molecule has 0 fully saturated rings. The van der Waals surface area contributed by atoms with Gasteiger partial charge in [-0.1, -0.05) is 17.7 Å². The van der Waals surface area contributed by atoms with E-state index in [1.54, 1.807) is 6.07 Å². The molecule has 0 radical (unpaired) electrons. The van der Waals surface area contributed by atoms with Crippen LogP contribution in [0.25, 0.3) is 10.9 Å². The van der Waals surface area contributed by atoms with Gasteiger partial charge in [-0.2, -0.15) is 8.78 Å². The van der Waals surface area contributed by atoms with Crippen molar-refractivity contribution in [1.82, 2.24) is 19.7 Å². The maximum Gasteiger partial charge on any atom is 0.323 e. The Bertz CT molecular complexity index is 1220. The van der Waals surface area contributed by atoms with Crippen molar-refractivity contribution in [3.05, 3.63) is 89.1 Å². The van der Waals surface area contributed by atoms with Crippen molar-refractivity contribution < 1.29 is 22.7 Å². The SMILES string of the molecule is OC(Cn1cnnc1)(c1ccc(F)cc1F)C(F)(F)c1ccc2cc(Cl)ccc2n1. The summed E-state index contributed by atoms with van der Waals surface area (Å²) in [5.74, 6) is -6.37. The molecule has 4 aromatic rings. The minimum absolute atomic E-state index is 0.211. The van der Waals surface area contributed by atoms with Gasteiger partial charge in [0.15, 0.2) is 5.60 Å². The van der Waals surface area contributed by atoms with E-state index in [2.05, 4.69) is 15.2 Å². The van der Waals surface area contributed by atoms with Crippen LogP contribution in [0.2, 0.25) is 5.02 Å². The molecule has 2 aromatic carbocycles. The van der Waals surface area contributed by atoms with Crippen LogP contribution < -0.4 is 0 Å². The molecule has 154 valence electrons. The Morgan fingerprint density at radius 1 is 0.967 bits per heavy atom. The Labute approximate surface area is 172 Å². The summed E-state index contributed by atoms with van der Waals surface area (Å²) in [6.45, 7) is -0.810. The standard InChI is InChI=1S/C20H13ClF4N4O/c21-13-2-5-17-12(7-13)1-6-18(28-17)20(24,25)19(30,9-29-10-26-27-11-29)15-4-3-14(22)8-16(15)23/h1-8,10-11,30H,9H2. The summed E-state index contributed by atoms with van der Waals surface area (Å²) >= 11 is 5.91. The third-order valence-corrected chi connectivity index (χ3v) is 4.98. The molecule has 0 spiro atoms. The van der Waals surface area contributed by atoms with Gasteiger partial charge in [-0.15, -0.1) is 10.2 Å². The molecule has 4 rings (SSSR count). The number of fused-ring (bicyclic) bond motifs is 1. The number of hydrogen-bond acceptors (Lipinski definition) is 4. The Morgan fingerprint density at radius 3 is 2.40 bits per heavy atom. The summed E-state index contributed by atoms with van der Waals surface area (Å²) in [5.41, 5.74) is -4.50. The van der Waals surface area contributed by atoms with Gasteiger partial charge >= 0.3 is 5.92 Å². The summed E-state index contributed by atoms with van der Waals surface area (Å²) in [7, 11) is 0. The molecule has 1 N–H and O–H groups in total. The van der Waals surface area contributed by atoms with Crippen molar-refractivity contribution in [2.75, 3.05) is 0 Å². The predicted molar refractivity (Wildman–Crippen MR) is 101 cm³/mol. The van der Waals surface area contributed by atoms with E-state index in [1.165, 1.54) is 18.2 Å². The summed E-state index contributed by atoms with van der Waals surface area (Å²) < 4.78 is 60.4. The molecule has 2 aromatic heterocycles. The predicted octanol–water partition coefficient (Wildman–Crippen LogP) is 4.44. The molecule has 0 bridgehead atoms. The van der Waals surface area contributed by atoms with Crippen LogP contribution >= 0.6 is 11.6 Å². The van der Waals surface area contributed by atoms with E-state index >= 15 is 8.78 Å². The highest BCUT2D eigenvalue weighted by Gasteiger charge is 2.57. The van der Waals surface area contributed by atoms with E-state index in [0.717, 1.165) is 35.4 Å². The van der Waals surface area contributed by atoms with Gasteiger partial charge in [-0.3, -0.25) is 0 Å². The molecule has 2 heterocycles. The molecule has 1 unspecified atom stereocenters. The van der Waals surface area contributed by atoms with Gasteiger partial charge in [-0.25, -0.2) is 13.8 Å². The maximum atomic E-state index is 15.7. The largest absolute Gasteiger partial charge is 0.377 e. The zero-order chi connectivity index (χ0) is 21.5. The molecule has 0 saturated carbocycles. The van der Waals surface area contributed by atoms with Crippen LogP contribution in [0.4, 0.5) is 17.6 Å². The molecular weight excluding hydrogens is 424 g/mol. The van der Waals surface area contributed by atoms with Gasteiger partial charge in [-0.05, 0) is 36.4 Å². The first-order chi connectivity index (χ1) is 14.2. The number of rotatable bonds is 5. The fourth-order valence-electron chi connectivity index (χ4n) is 3.23. The Hall–Kier alpha value is -3.04. The Kier molecular flexibility index (Phi) is 4.95. The molecule has 1 atom stereocenters. The van der Waals surface area contributed by atoms with Gasteiger partial charge in [0.25, 0.3) is 0 Å². The topological polar surface area (TPSA) is 63.8 Å². The number of benzene rings is 2. The number of pyridine rings is 1. The first kappa shape index (κ1) is 20.2. The van der Waals surface area contributed by atoms with Gasteiger partial charge in [0.1, 0.15) is 30.0 Å². The number of aromatic nitrogens is 4. The van der Waals surface area contributed by atoms with Gasteiger partial charge in [0.2, 0.25) is 0 Å². The first-order valence-electron chi connectivity index (χ1n) is 8.66. The van der Waals surface area contributed by atoms with Crippen LogP contribution in [0.5, 0.6) is 0 Å². The molecule has 0 aliphatic rings. The molecular formula is C20H13ClF4N4O. The molecule has 0 aliphatic heterocycles. The minimum atomic E-state index is -4.08. The zero-order valence-electron chi connectivity index (χ0n) is 15.1. The van der Waals surface area contributed by atoms with E-state index in [4.69, 9.17) is 11.6 Å². The van der Waals surface area contributed by atoms with Crippen LogP contribution in [-0.4, -0.2) is 24.9 Å². The van der Waals surface area contributed by atoms with E-state index in [0.29, 0.717) is 16.5 Å². The van der Waals surface area contributed by atoms with Crippen LogP contribution in [0.1, 0.15) is 11.3 Å². The molecule has 0 saturated heterocycles. The van der Waals surface area contributed by atoms with E-state index in [9.17, 15) is 13.9 Å². The first-order valence-corrected chi connectivity index (χ1v) is 9.03. The number of halogens is 5. The lowest BCUT2D eigenvalue weighted by atomic mass is 9.84. The quantitative estimate of drug-likeness (QED) is 0.470. The normalized spacial score (nSPS) is 14.1. The van der Waals surface area contributed by atoms with Crippen molar-refractivity contribution in [2.24, 2.45) is 0 Å². The van der Waals surface area contributed by atoms with Gasteiger partial charge in [0, 0.05) is 22.0 Å². The summed E-state index contributed by atoms with van der Waals surface area (Å²) in [5, 5.41) is 19.1. The second-order valence-electron chi connectivity index (χ2n) is 6.73. The highest BCUT2D eigenvalue weighted by atomic mass is 35.5. The summed E-state index contributed by atoms with van der Waals surface area (Å²) in [6.07, 6.45) is 2.19. The van der Waals surface area contributed by atoms with E-state index < -0.39 is 41.0 Å². The molecule has 0 aliphatic carbocycles. The highest BCUT2D eigenvalue weighted by molar-refractivity contribution is 6.31. The van der Waals surface area contributed by atoms with Crippen LogP contribution in [-0.2, 0) is 18.1 Å². The average Bonchev–Trinajstić information content (AvgIpc) is 3.20. The smallest absolute Gasteiger partial charge is 0.323 e. The lowest BCUT2D eigenvalue weighted by Crippen LogP contribution is -2.47. The average molecular weight is 437 g/mol. The van der Waals surface area contributed by atoms with Crippen molar-refractivity contribution >= 4 is 22.5 Å². The molecule has 10 heteroatoms. The zero-order valence-corrected chi connectivity index (χ0v) is 15.9. The molecule has 0 amide bonds. The van der Waals surface area contributed by atoms with Crippen molar-refractivity contribution in [3.8, 4) is 0 Å². The molecule has 5 nitrogen and oxygen atoms in total. The van der Waals surface area contributed by atoms with Crippen molar-refractivity contribution in [2.45, 2.75) is 18.1 Å². The number of alkyl halides is 2. The fraction of sp³-hybridized carbons (Fsp3) is 0.150. The third kappa shape index (κ3) is 3.40. The summed E-state index contributed by atoms with van der Waals surface area (Å²) in [6, 6.07) is 8.89. The highest BCUT2D eigenvalue weighted by Crippen LogP contribution is 2.47. The Balaban J connectivity index is 1.89. The van der Waals surface area contributed by atoms with Gasteiger partial charge in [0.05, 0.1) is 12.1 Å². The van der Waals surface area contributed by atoms with Crippen LogP contribution in [0, 0.1) is 11.6 Å². The monoisotopic (exact) mass is 436 g/mol. The number of aliphatic hydroxyl groups is 1. The van der Waals surface area contributed by atoms with Crippen LogP contribution in [0.3, 0.4) is 0 Å². The van der Waals surface area contributed by atoms with Crippen molar-refractivity contribution in [1.29, 1.82) is 0 Å². The lowest BCUT2D eigenvalue weighted by Gasteiger charge is -2.36. The Morgan fingerprint density at radius 2 is 1.70 bits per heavy atom. The van der Waals surface area contributed by atoms with Crippen molar-refractivity contribution in [3.63, 3.8) is 0 Å². The third-order valence-electron chi connectivity index (χ3n) is 4.75. The second-order valence-corrected chi connectivity index (χ2v) is 7.16. The maximum absolute atomic E-state index is 15.7. The van der Waals surface area contributed by atoms with Crippen LogP contribution in [0.15, 0.2) is 61.2 Å². The van der Waals surface area contributed by atoms with Gasteiger partial charge < -0.3 is 9.67 Å². The van der Waals surface area contributed by atoms with E-state index in [-0.39, 0.29) is 5.52 Å². The minimum Gasteiger partial charge on any atom is -0.377 e. The second kappa shape index (κ2) is 7.33. The molecule has 30 heavy (non-hydrogen) atoms. The lowest BCUT2D eigenvalue weighted by molar-refractivity contribution is -0.206. The number of nitrogens with zero attached hydrogens (tertiary/aromatic N) is 4. The fourth-order valence-corrected chi connectivity index (χ4v) is 3.41. The summed E-state index contributed by atoms with van der Waals surface area (Å²) in [4.78, 5) is 3.95. The number of hydrogen-bond donors (Lipinski definition) is 1. The van der Waals surface area contributed by atoms with E-state index in [1.807, 2.05) is 0 Å².